The molecule has 1 aromatic heterocycles. The molecule has 118 valence electrons. The summed E-state index contributed by atoms with van der Waals surface area (Å²) < 4.78 is 0. The van der Waals surface area contributed by atoms with Gasteiger partial charge in [-0.2, -0.15) is 0 Å². The van der Waals surface area contributed by atoms with Crippen molar-refractivity contribution in [2.24, 2.45) is 0 Å². The number of aryl methyl sites for hydroxylation is 2. The van der Waals surface area contributed by atoms with Gasteiger partial charge < -0.3 is 10.1 Å². The molecule has 0 radical (unpaired) electrons. The van der Waals surface area contributed by atoms with E-state index in [0.717, 1.165) is 33.5 Å². The molecule has 24 heavy (non-hydrogen) atoms. The zero-order valence-electron chi connectivity index (χ0n) is 13.8. The number of hydrogen-bond donors (Lipinski definition) is 2. The summed E-state index contributed by atoms with van der Waals surface area (Å²) in [4.78, 5) is 3.58. The number of H-pyrrole nitrogens is 1. The molecule has 4 aromatic rings. The van der Waals surface area contributed by atoms with Crippen molar-refractivity contribution in [2.45, 2.75) is 13.8 Å². The van der Waals surface area contributed by atoms with Crippen molar-refractivity contribution >= 4 is 10.9 Å². The highest BCUT2D eigenvalue weighted by Gasteiger charge is 2.17. The van der Waals surface area contributed by atoms with E-state index >= 15 is 0 Å². The second-order valence-corrected chi connectivity index (χ2v) is 6.24. The van der Waals surface area contributed by atoms with Crippen LogP contribution in [0, 0.1) is 13.8 Å². The average Bonchev–Trinajstić information content (AvgIpc) is 2.98. The molecule has 0 spiro atoms. The largest absolute Gasteiger partial charge is 0.508 e. The van der Waals surface area contributed by atoms with Crippen LogP contribution in [0.15, 0.2) is 66.7 Å². The Labute approximate surface area is 141 Å². The number of fused-ring (bicyclic) bond motifs is 1. The second-order valence-electron chi connectivity index (χ2n) is 6.24. The third kappa shape index (κ3) is 2.28. The van der Waals surface area contributed by atoms with Gasteiger partial charge in [-0.25, -0.2) is 0 Å². The molecule has 0 unspecified atom stereocenters. The minimum Gasteiger partial charge on any atom is -0.508 e. The number of phenols is 1. The van der Waals surface area contributed by atoms with Gasteiger partial charge in [-0.1, -0.05) is 48.5 Å². The molecule has 4 rings (SSSR count). The summed E-state index contributed by atoms with van der Waals surface area (Å²) in [6.45, 7) is 3.99. The van der Waals surface area contributed by atoms with Gasteiger partial charge in [-0.3, -0.25) is 0 Å². The van der Waals surface area contributed by atoms with E-state index in [1.165, 1.54) is 10.9 Å². The molecule has 0 aliphatic rings. The van der Waals surface area contributed by atoms with Crippen LogP contribution in [-0.2, 0) is 0 Å². The lowest BCUT2D eigenvalue weighted by atomic mass is 9.93. The van der Waals surface area contributed by atoms with Crippen LogP contribution >= 0.6 is 0 Å². The van der Waals surface area contributed by atoms with Crippen LogP contribution in [0.25, 0.3) is 33.3 Å². The van der Waals surface area contributed by atoms with Crippen molar-refractivity contribution in [3.63, 3.8) is 0 Å². The first-order chi connectivity index (χ1) is 11.6. The maximum atomic E-state index is 10.0. The van der Waals surface area contributed by atoms with Gasteiger partial charge in [0.05, 0.1) is 5.69 Å². The second kappa shape index (κ2) is 5.57. The van der Waals surface area contributed by atoms with E-state index in [2.05, 4.69) is 53.5 Å². The minimum absolute atomic E-state index is 0.345. The van der Waals surface area contributed by atoms with Gasteiger partial charge in [-0.15, -0.1) is 0 Å². The van der Waals surface area contributed by atoms with Gasteiger partial charge in [0.1, 0.15) is 5.75 Å². The van der Waals surface area contributed by atoms with E-state index < -0.39 is 0 Å². The molecule has 2 nitrogen and oxygen atoms in total. The SMILES string of the molecule is Cc1cc(-c2c(-c3ccccc3)[nH]c3ccccc23)c(C)cc1O. The van der Waals surface area contributed by atoms with E-state index in [1.54, 1.807) is 0 Å². The average molecular weight is 313 g/mol. The lowest BCUT2D eigenvalue weighted by molar-refractivity contribution is 0.471. The van der Waals surface area contributed by atoms with E-state index in [9.17, 15) is 5.11 Å². The number of aromatic nitrogens is 1. The third-order valence-corrected chi connectivity index (χ3v) is 4.58. The molecule has 0 saturated carbocycles. The molecule has 0 fully saturated rings. The molecule has 2 N–H and O–H groups in total. The number of rotatable bonds is 2. The fourth-order valence-electron chi connectivity index (χ4n) is 3.31. The number of aromatic amines is 1. The lowest BCUT2D eigenvalue weighted by Crippen LogP contribution is -1.88. The zero-order chi connectivity index (χ0) is 16.7. The number of hydrogen-bond acceptors (Lipinski definition) is 1. The first-order valence-corrected chi connectivity index (χ1v) is 8.12. The van der Waals surface area contributed by atoms with Crippen molar-refractivity contribution in [1.82, 2.24) is 4.98 Å². The molecule has 3 aromatic carbocycles. The van der Waals surface area contributed by atoms with Crippen molar-refractivity contribution in [2.75, 3.05) is 0 Å². The van der Waals surface area contributed by atoms with Gasteiger partial charge in [0.15, 0.2) is 0 Å². The first kappa shape index (κ1) is 14.6. The summed E-state index contributed by atoms with van der Waals surface area (Å²) in [5.41, 5.74) is 7.70. The molecular formula is C22H19NO. The van der Waals surface area contributed by atoms with Crippen molar-refractivity contribution < 1.29 is 5.11 Å². The van der Waals surface area contributed by atoms with Crippen molar-refractivity contribution in [3.8, 4) is 28.1 Å². The predicted octanol–water partition coefficient (Wildman–Crippen LogP) is 5.82. The quantitative estimate of drug-likeness (QED) is 0.480. The van der Waals surface area contributed by atoms with Gasteiger partial charge in [0.25, 0.3) is 0 Å². The molecule has 0 aliphatic heterocycles. The number of nitrogens with one attached hydrogen (secondary N) is 1. The number of para-hydroxylation sites is 1. The topological polar surface area (TPSA) is 36.0 Å². The Balaban J connectivity index is 2.09. The molecule has 0 saturated heterocycles. The zero-order valence-corrected chi connectivity index (χ0v) is 13.8. The van der Waals surface area contributed by atoms with E-state index in [0.29, 0.717) is 5.75 Å². The summed E-state index contributed by atoms with van der Waals surface area (Å²) in [7, 11) is 0. The standard InChI is InChI=1S/C22H19NO/c1-14-13-20(24)15(2)12-18(14)21-17-10-6-7-11-19(17)23-22(21)16-8-4-3-5-9-16/h3-13,23-24H,1-2H3. The number of phenolic OH excluding ortho intramolecular Hbond substituents is 1. The molecule has 0 amide bonds. The molecular weight excluding hydrogens is 294 g/mol. The summed E-state index contributed by atoms with van der Waals surface area (Å²) in [5, 5.41) is 11.2. The maximum absolute atomic E-state index is 10.0. The van der Waals surface area contributed by atoms with Crippen LogP contribution in [0.5, 0.6) is 5.75 Å². The normalized spacial score (nSPS) is 11.1. The van der Waals surface area contributed by atoms with E-state index in [-0.39, 0.29) is 0 Å². The fourth-order valence-corrected chi connectivity index (χ4v) is 3.31. The van der Waals surface area contributed by atoms with Crippen molar-refractivity contribution in [1.29, 1.82) is 0 Å². The van der Waals surface area contributed by atoms with Crippen LogP contribution in [0.2, 0.25) is 0 Å². The molecule has 0 aliphatic carbocycles. The van der Waals surface area contributed by atoms with Gasteiger partial charge >= 0.3 is 0 Å². The lowest BCUT2D eigenvalue weighted by Gasteiger charge is -2.11. The molecule has 1 heterocycles. The Morgan fingerprint density at radius 3 is 2.29 bits per heavy atom. The highest BCUT2D eigenvalue weighted by Crippen LogP contribution is 2.41. The van der Waals surface area contributed by atoms with Gasteiger partial charge in [-0.05, 0) is 54.3 Å². The minimum atomic E-state index is 0.345. The molecule has 2 heteroatoms. The van der Waals surface area contributed by atoms with Crippen LogP contribution in [0.1, 0.15) is 11.1 Å². The Hall–Kier alpha value is -3.00. The monoisotopic (exact) mass is 313 g/mol. The Morgan fingerprint density at radius 2 is 1.50 bits per heavy atom. The fraction of sp³-hybridized carbons (Fsp3) is 0.0909. The van der Waals surface area contributed by atoms with Crippen LogP contribution < -0.4 is 0 Å². The first-order valence-electron chi connectivity index (χ1n) is 8.12. The third-order valence-electron chi connectivity index (χ3n) is 4.58. The summed E-state index contributed by atoms with van der Waals surface area (Å²) in [6.07, 6.45) is 0. The van der Waals surface area contributed by atoms with Crippen LogP contribution in [0.4, 0.5) is 0 Å². The van der Waals surface area contributed by atoms with Crippen LogP contribution in [0.3, 0.4) is 0 Å². The smallest absolute Gasteiger partial charge is 0.118 e. The Morgan fingerprint density at radius 1 is 0.792 bits per heavy atom. The number of aromatic hydroxyl groups is 1. The molecule has 0 atom stereocenters. The van der Waals surface area contributed by atoms with E-state index in [4.69, 9.17) is 0 Å². The summed E-state index contributed by atoms with van der Waals surface area (Å²) in [5.74, 6) is 0.345. The summed E-state index contributed by atoms with van der Waals surface area (Å²) >= 11 is 0. The maximum Gasteiger partial charge on any atom is 0.118 e. The van der Waals surface area contributed by atoms with E-state index in [1.807, 2.05) is 32.0 Å². The summed E-state index contributed by atoms with van der Waals surface area (Å²) in [6, 6.07) is 22.7. The van der Waals surface area contributed by atoms with Crippen LogP contribution in [-0.4, -0.2) is 10.1 Å². The highest BCUT2D eigenvalue weighted by atomic mass is 16.3. The Kier molecular flexibility index (Phi) is 3.39. The van der Waals surface area contributed by atoms with Gasteiger partial charge in [0, 0.05) is 16.5 Å². The van der Waals surface area contributed by atoms with Gasteiger partial charge in [0.2, 0.25) is 0 Å². The number of benzene rings is 3. The molecule has 0 bridgehead atoms. The Bertz CT molecular complexity index is 1030. The predicted molar refractivity (Wildman–Crippen MR) is 100 cm³/mol. The highest BCUT2D eigenvalue weighted by molar-refractivity contribution is 6.04. The van der Waals surface area contributed by atoms with Crippen molar-refractivity contribution in [3.05, 3.63) is 77.9 Å².